The number of carbonyl (C=O) groups is 1. The first-order valence-corrected chi connectivity index (χ1v) is 9.88. The van der Waals surface area contributed by atoms with Crippen LogP contribution in [-0.4, -0.2) is 50.2 Å². The van der Waals surface area contributed by atoms with Crippen LogP contribution in [0.3, 0.4) is 0 Å². The molecule has 150 valence electrons. The standard InChI is InChI=1S/C22H34N2O3/c1-6-8-10-17-14-18(20(27-5)19(15-17)26-4)21(25)23-16-22(3)11-9-13-24(22)12-7-2/h7,14-15H,2,6,8-13,16H2,1,3-5H3,(H,23,25)/t22-/m0/s1. The number of carbonyl (C=O) groups excluding carboxylic acids is 1. The summed E-state index contributed by atoms with van der Waals surface area (Å²) in [6.07, 6.45) is 7.24. The van der Waals surface area contributed by atoms with Crippen molar-refractivity contribution < 1.29 is 14.3 Å². The Hall–Kier alpha value is -2.01. The maximum Gasteiger partial charge on any atom is 0.255 e. The van der Waals surface area contributed by atoms with Crippen LogP contribution in [0.25, 0.3) is 0 Å². The van der Waals surface area contributed by atoms with Crippen molar-refractivity contribution in [2.24, 2.45) is 0 Å². The Morgan fingerprint density at radius 2 is 2.15 bits per heavy atom. The van der Waals surface area contributed by atoms with Crippen LogP contribution in [0.15, 0.2) is 24.8 Å². The number of nitrogens with zero attached hydrogens (tertiary/aromatic N) is 1. The van der Waals surface area contributed by atoms with Crippen LogP contribution in [0, 0.1) is 0 Å². The third-order valence-corrected chi connectivity index (χ3v) is 5.49. The molecule has 0 aromatic heterocycles. The summed E-state index contributed by atoms with van der Waals surface area (Å²) in [5.74, 6) is 0.988. The van der Waals surface area contributed by atoms with Gasteiger partial charge in [0.25, 0.3) is 5.91 Å². The fourth-order valence-electron chi connectivity index (χ4n) is 3.83. The average molecular weight is 375 g/mol. The van der Waals surface area contributed by atoms with E-state index in [2.05, 4.69) is 30.6 Å². The summed E-state index contributed by atoms with van der Waals surface area (Å²) < 4.78 is 11.0. The Kier molecular flexibility index (Phi) is 7.72. The van der Waals surface area contributed by atoms with E-state index in [0.29, 0.717) is 23.6 Å². The summed E-state index contributed by atoms with van der Waals surface area (Å²) in [6.45, 7) is 10.7. The summed E-state index contributed by atoms with van der Waals surface area (Å²) in [4.78, 5) is 15.4. The maximum absolute atomic E-state index is 13.0. The molecule has 0 saturated carbocycles. The van der Waals surface area contributed by atoms with E-state index in [9.17, 15) is 4.79 Å². The van der Waals surface area contributed by atoms with Gasteiger partial charge in [-0.2, -0.15) is 0 Å². The molecular weight excluding hydrogens is 340 g/mol. The number of benzene rings is 1. The first-order chi connectivity index (χ1) is 13.0. The molecule has 2 rings (SSSR count). The highest BCUT2D eigenvalue weighted by Crippen LogP contribution is 2.34. The van der Waals surface area contributed by atoms with Gasteiger partial charge in [-0.1, -0.05) is 19.4 Å². The molecule has 1 heterocycles. The van der Waals surface area contributed by atoms with Crippen molar-refractivity contribution in [2.45, 2.75) is 51.5 Å². The molecule has 0 radical (unpaired) electrons. The van der Waals surface area contributed by atoms with Gasteiger partial charge in [0.15, 0.2) is 11.5 Å². The Bertz CT molecular complexity index is 659. The number of aryl methyl sites for hydroxylation is 1. The third-order valence-electron chi connectivity index (χ3n) is 5.49. The monoisotopic (exact) mass is 374 g/mol. The van der Waals surface area contributed by atoms with E-state index in [1.54, 1.807) is 14.2 Å². The molecule has 5 heteroatoms. The number of hydrogen-bond acceptors (Lipinski definition) is 4. The minimum absolute atomic E-state index is 0.0407. The molecule has 1 atom stereocenters. The van der Waals surface area contributed by atoms with Gasteiger partial charge in [-0.05, 0) is 56.8 Å². The molecule has 27 heavy (non-hydrogen) atoms. The first-order valence-electron chi connectivity index (χ1n) is 9.88. The summed E-state index contributed by atoms with van der Waals surface area (Å²) in [6, 6.07) is 3.90. The zero-order chi connectivity index (χ0) is 19.9. The fourth-order valence-corrected chi connectivity index (χ4v) is 3.83. The van der Waals surface area contributed by atoms with Crippen molar-refractivity contribution in [3.05, 3.63) is 35.9 Å². The van der Waals surface area contributed by atoms with E-state index >= 15 is 0 Å². The molecular formula is C22H34N2O3. The Morgan fingerprint density at radius 1 is 1.37 bits per heavy atom. The topological polar surface area (TPSA) is 50.8 Å². The van der Waals surface area contributed by atoms with E-state index in [1.165, 1.54) is 0 Å². The number of likely N-dealkylation sites (tertiary alicyclic amines) is 1. The van der Waals surface area contributed by atoms with Gasteiger partial charge in [-0.3, -0.25) is 9.69 Å². The van der Waals surface area contributed by atoms with E-state index in [1.807, 2.05) is 18.2 Å². The molecule has 1 aromatic rings. The lowest BCUT2D eigenvalue weighted by molar-refractivity contribution is 0.0908. The van der Waals surface area contributed by atoms with Gasteiger partial charge in [0.2, 0.25) is 0 Å². The quantitative estimate of drug-likeness (QED) is 0.633. The predicted octanol–water partition coefficient (Wildman–Crippen LogP) is 3.82. The zero-order valence-corrected chi connectivity index (χ0v) is 17.3. The lowest BCUT2D eigenvalue weighted by atomic mass is 9.98. The van der Waals surface area contributed by atoms with Gasteiger partial charge in [0.1, 0.15) is 0 Å². The number of amides is 1. The fraction of sp³-hybridized carbons (Fsp3) is 0.591. The Balaban J connectivity index is 2.19. The van der Waals surface area contributed by atoms with Crippen molar-refractivity contribution >= 4 is 5.91 Å². The molecule has 1 saturated heterocycles. The van der Waals surface area contributed by atoms with Crippen LogP contribution in [0.2, 0.25) is 0 Å². The maximum atomic E-state index is 13.0. The molecule has 1 aromatic carbocycles. The van der Waals surface area contributed by atoms with Crippen molar-refractivity contribution in [1.82, 2.24) is 10.2 Å². The number of unbranched alkanes of at least 4 members (excludes halogenated alkanes) is 1. The number of hydrogen-bond donors (Lipinski definition) is 1. The number of rotatable bonds is 10. The molecule has 0 spiro atoms. The summed E-state index contributed by atoms with van der Waals surface area (Å²) >= 11 is 0. The number of ether oxygens (including phenoxy) is 2. The van der Waals surface area contributed by atoms with Gasteiger partial charge in [-0.15, -0.1) is 6.58 Å². The molecule has 1 fully saturated rings. The van der Waals surface area contributed by atoms with E-state index in [-0.39, 0.29) is 11.4 Å². The predicted molar refractivity (Wildman–Crippen MR) is 110 cm³/mol. The highest BCUT2D eigenvalue weighted by atomic mass is 16.5. The van der Waals surface area contributed by atoms with E-state index < -0.39 is 0 Å². The molecule has 0 unspecified atom stereocenters. The van der Waals surface area contributed by atoms with E-state index in [0.717, 1.165) is 50.8 Å². The van der Waals surface area contributed by atoms with Gasteiger partial charge >= 0.3 is 0 Å². The third kappa shape index (κ3) is 5.04. The average Bonchev–Trinajstić information content (AvgIpc) is 3.04. The zero-order valence-electron chi connectivity index (χ0n) is 17.3. The molecule has 0 aliphatic carbocycles. The molecule has 5 nitrogen and oxygen atoms in total. The van der Waals surface area contributed by atoms with E-state index in [4.69, 9.17) is 9.47 Å². The first kappa shape index (κ1) is 21.3. The second-order valence-electron chi connectivity index (χ2n) is 7.50. The van der Waals surface area contributed by atoms with Gasteiger partial charge in [-0.25, -0.2) is 0 Å². The smallest absolute Gasteiger partial charge is 0.255 e. The number of methoxy groups -OCH3 is 2. The van der Waals surface area contributed by atoms with Crippen molar-refractivity contribution in [3.63, 3.8) is 0 Å². The van der Waals surface area contributed by atoms with Crippen LogP contribution in [0.4, 0.5) is 0 Å². The van der Waals surface area contributed by atoms with Gasteiger partial charge in [0, 0.05) is 18.6 Å². The molecule has 1 aliphatic rings. The van der Waals surface area contributed by atoms with Gasteiger partial charge < -0.3 is 14.8 Å². The highest BCUT2D eigenvalue weighted by molar-refractivity contribution is 5.98. The molecule has 0 bridgehead atoms. The second kappa shape index (κ2) is 9.79. The summed E-state index contributed by atoms with van der Waals surface area (Å²) in [5, 5.41) is 3.13. The second-order valence-corrected chi connectivity index (χ2v) is 7.50. The summed E-state index contributed by atoms with van der Waals surface area (Å²) in [7, 11) is 3.18. The lowest BCUT2D eigenvalue weighted by Crippen LogP contribution is -2.50. The number of nitrogens with one attached hydrogen (secondary N) is 1. The molecule has 1 amide bonds. The van der Waals surface area contributed by atoms with Crippen LogP contribution in [0.5, 0.6) is 11.5 Å². The highest BCUT2D eigenvalue weighted by Gasteiger charge is 2.36. The van der Waals surface area contributed by atoms with Crippen LogP contribution in [-0.2, 0) is 6.42 Å². The summed E-state index contributed by atoms with van der Waals surface area (Å²) in [5.41, 5.74) is 1.60. The Morgan fingerprint density at radius 3 is 2.78 bits per heavy atom. The SMILES string of the molecule is C=CCN1CCC[C@@]1(C)CNC(=O)c1cc(CCCC)cc(OC)c1OC. The minimum atomic E-state index is -0.116. The normalized spacial score (nSPS) is 19.7. The van der Waals surface area contributed by atoms with Crippen LogP contribution in [0.1, 0.15) is 55.5 Å². The molecule has 1 aliphatic heterocycles. The largest absolute Gasteiger partial charge is 0.493 e. The Labute approximate surface area is 163 Å². The van der Waals surface area contributed by atoms with Crippen LogP contribution >= 0.6 is 0 Å². The molecule has 1 N–H and O–H groups in total. The minimum Gasteiger partial charge on any atom is -0.493 e. The van der Waals surface area contributed by atoms with Crippen molar-refractivity contribution in [3.8, 4) is 11.5 Å². The van der Waals surface area contributed by atoms with Crippen molar-refractivity contribution in [2.75, 3.05) is 33.9 Å². The van der Waals surface area contributed by atoms with Gasteiger partial charge in [0.05, 0.1) is 19.8 Å². The van der Waals surface area contributed by atoms with Crippen molar-refractivity contribution in [1.29, 1.82) is 0 Å². The lowest BCUT2D eigenvalue weighted by Gasteiger charge is -2.34. The van der Waals surface area contributed by atoms with Crippen LogP contribution < -0.4 is 14.8 Å².